The molecular weight excluding hydrogens is 254 g/mol. The van der Waals surface area contributed by atoms with Gasteiger partial charge in [-0.05, 0) is 45.2 Å². The second-order valence-electron chi connectivity index (χ2n) is 5.57. The fourth-order valence-electron chi connectivity index (χ4n) is 3.52. The van der Waals surface area contributed by atoms with Crippen LogP contribution in [-0.2, 0) is 5.54 Å². The molecule has 0 atom stereocenters. The molecule has 1 aromatic carbocycles. The third kappa shape index (κ3) is 1.44. The molecule has 0 radical (unpaired) electrons. The molecule has 1 aliphatic carbocycles. The van der Waals surface area contributed by atoms with Crippen molar-refractivity contribution in [1.29, 1.82) is 5.41 Å². The Morgan fingerprint density at radius 2 is 1.95 bits per heavy atom. The van der Waals surface area contributed by atoms with Crippen molar-refractivity contribution in [2.75, 3.05) is 18.0 Å². The second kappa shape index (κ2) is 4.38. The van der Waals surface area contributed by atoms with Crippen molar-refractivity contribution in [2.45, 2.75) is 38.6 Å². The van der Waals surface area contributed by atoms with Crippen molar-refractivity contribution in [3.05, 3.63) is 23.3 Å². The van der Waals surface area contributed by atoms with Gasteiger partial charge in [-0.2, -0.15) is 0 Å². The molecule has 1 aromatic rings. The number of nitrogens with one attached hydrogen (secondary N) is 1. The summed E-state index contributed by atoms with van der Waals surface area (Å²) in [5.41, 5.74) is 1.96. The van der Waals surface area contributed by atoms with Crippen molar-refractivity contribution in [2.24, 2.45) is 0 Å². The molecule has 0 amide bonds. The molecule has 5 heteroatoms. The number of phenols is 1. The number of rotatable bonds is 3. The van der Waals surface area contributed by atoms with Gasteiger partial charge in [0.25, 0.3) is 0 Å². The Morgan fingerprint density at radius 1 is 1.30 bits per heavy atom. The standard InChI is InChI=1S/C15H21N3O2/c1-3-17(4-2)10-6-7-11(19)12-13(10)15(8-5-9-15)18(20)14(12)16/h6-7,16,19-20H,3-5,8-9H2,1-2H3. The number of hydrogen-bond acceptors (Lipinski definition) is 4. The summed E-state index contributed by atoms with van der Waals surface area (Å²) in [5.74, 6) is 0.106. The number of anilines is 1. The monoisotopic (exact) mass is 275 g/mol. The van der Waals surface area contributed by atoms with Gasteiger partial charge in [0.05, 0.1) is 11.1 Å². The van der Waals surface area contributed by atoms with E-state index in [0.717, 1.165) is 48.7 Å². The van der Waals surface area contributed by atoms with Crippen LogP contribution in [0, 0.1) is 5.41 Å². The van der Waals surface area contributed by atoms with Gasteiger partial charge in [0.2, 0.25) is 0 Å². The van der Waals surface area contributed by atoms with Crippen molar-refractivity contribution in [3.8, 4) is 5.75 Å². The zero-order valence-corrected chi connectivity index (χ0v) is 12.0. The van der Waals surface area contributed by atoms with Crippen LogP contribution in [0.1, 0.15) is 44.2 Å². The molecule has 1 aliphatic heterocycles. The van der Waals surface area contributed by atoms with Crippen molar-refractivity contribution in [3.63, 3.8) is 0 Å². The molecular formula is C15H21N3O2. The minimum Gasteiger partial charge on any atom is -0.507 e. The van der Waals surface area contributed by atoms with Crippen LogP contribution in [0.4, 0.5) is 5.69 Å². The lowest BCUT2D eigenvalue weighted by atomic mass is 9.71. The van der Waals surface area contributed by atoms with Crippen molar-refractivity contribution in [1.82, 2.24) is 5.06 Å². The maximum atomic E-state index is 10.3. The topological polar surface area (TPSA) is 70.8 Å². The normalized spacial score (nSPS) is 19.1. The lowest BCUT2D eigenvalue weighted by Gasteiger charge is -2.44. The van der Waals surface area contributed by atoms with Gasteiger partial charge < -0.3 is 10.0 Å². The molecule has 1 fully saturated rings. The first kappa shape index (κ1) is 13.2. The molecule has 0 saturated heterocycles. The highest BCUT2D eigenvalue weighted by Crippen LogP contribution is 2.56. The summed E-state index contributed by atoms with van der Waals surface area (Å²) in [6, 6.07) is 3.54. The second-order valence-corrected chi connectivity index (χ2v) is 5.57. The van der Waals surface area contributed by atoms with E-state index in [-0.39, 0.29) is 11.6 Å². The molecule has 0 bridgehead atoms. The van der Waals surface area contributed by atoms with Gasteiger partial charge in [-0.15, -0.1) is 0 Å². The molecule has 3 N–H and O–H groups in total. The largest absolute Gasteiger partial charge is 0.507 e. The maximum Gasteiger partial charge on any atom is 0.157 e. The Labute approximate surface area is 118 Å². The average Bonchev–Trinajstić information content (AvgIpc) is 2.63. The molecule has 5 nitrogen and oxygen atoms in total. The predicted octanol–water partition coefficient (Wildman–Crippen LogP) is 2.65. The minimum absolute atomic E-state index is 0.0196. The van der Waals surface area contributed by atoms with E-state index in [1.807, 2.05) is 6.07 Å². The summed E-state index contributed by atoms with van der Waals surface area (Å²) >= 11 is 0. The van der Waals surface area contributed by atoms with E-state index in [1.165, 1.54) is 0 Å². The predicted molar refractivity (Wildman–Crippen MR) is 77.7 cm³/mol. The van der Waals surface area contributed by atoms with Gasteiger partial charge in [-0.1, -0.05) is 0 Å². The average molecular weight is 275 g/mol. The highest BCUT2D eigenvalue weighted by molar-refractivity contribution is 6.05. The fraction of sp³-hybridized carbons (Fsp3) is 0.533. The Bertz CT molecular complexity index is 562. The van der Waals surface area contributed by atoms with E-state index in [2.05, 4.69) is 18.7 Å². The minimum atomic E-state index is -0.497. The van der Waals surface area contributed by atoms with Crippen LogP contribution < -0.4 is 4.90 Å². The summed E-state index contributed by atoms with van der Waals surface area (Å²) in [7, 11) is 0. The number of hydrogen-bond donors (Lipinski definition) is 3. The van der Waals surface area contributed by atoms with Crippen molar-refractivity contribution >= 4 is 11.5 Å². The number of benzene rings is 1. The third-order valence-electron chi connectivity index (χ3n) is 4.77. The van der Waals surface area contributed by atoms with Gasteiger partial charge in [0.15, 0.2) is 5.84 Å². The molecule has 108 valence electrons. The van der Waals surface area contributed by atoms with Crippen LogP contribution in [0.25, 0.3) is 0 Å². The van der Waals surface area contributed by atoms with Gasteiger partial charge in [-0.3, -0.25) is 10.6 Å². The van der Waals surface area contributed by atoms with E-state index in [0.29, 0.717) is 5.56 Å². The molecule has 1 heterocycles. The smallest absolute Gasteiger partial charge is 0.157 e. The highest BCUT2D eigenvalue weighted by atomic mass is 16.5. The van der Waals surface area contributed by atoms with Crippen LogP contribution >= 0.6 is 0 Å². The third-order valence-corrected chi connectivity index (χ3v) is 4.77. The Kier molecular flexibility index (Phi) is 2.90. The van der Waals surface area contributed by atoms with Gasteiger partial charge in [0.1, 0.15) is 5.75 Å². The molecule has 0 aromatic heterocycles. The van der Waals surface area contributed by atoms with E-state index < -0.39 is 5.54 Å². The summed E-state index contributed by atoms with van der Waals surface area (Å²) in [5, 5.41) is 29.7. The number of phenolic OH excluding ortho intramolecular Hbond substituents is 1. The van der Waals surface area contributed by atoms with E-state index in [4.69, 9.17) is 5.41 Å². The first-order chi connectivity index (χ1) is 9.56. The van der Waals surface area contributed by atoms with Crippen LogP contribution in [-0.4, -0.2) is 34.3 Å². The number of hydroxylamine groups is 2. The lowest BCUT2D eigenvalue weighted by Crippen LogP contribution is -2.47. The summed E-state index contributed by atoms with van der Waals surface area (Å²) in [4.78, 5) is 2.21. The van der Waals surface area contributed by atoms with E-state index in [9.17, 15) is 10.3 Å². The number of aromatic hydroxyl groups is 1. The fourth-order valence-corrected chi connectivity index (χ4v) is 3.52. The number of amidine groups is 1. The Balaban J connectivity index is 2.25. The molecule has 0 unspecified atom stereocenters. The van der Waals surface area contributed by atoms with Gasteiger partial charge in [-0.25, -0.2) is 5.06 Å². The quantitative estimate of drug-likeness (QED) is 0.793. The summed E-state index contributed by atoms with van der Waals surface area (Å²) < 4.78 is 0. The maximum absolute atomic E-state index is 10.3. The molecule has 1 saturated carbocycles. The van der Waals surface area contributed by atoms with Crippen LogP contribution in [0.15, 0.2) is 12.1 Å². The number of nitrogens with zero attached hydrogens (tertiary/aromatic N) is 2. The molecule has 2 aliphatic rings. The number of fused-ring (bicyclic) bond motifs is 2. The first-order valence-electron chi connectivity index (χ1n) is 7.26. The van der Waals surface area contributed by atoms with Crippen LogP contribution in [0.2, 0.25) is 0 Å². The molecule has 1 spiro atoms. The zero-order valence-electron chi connectivity index (χ0n) is 12.0. The first-order valence-corrected chi connectivity index (χ1v) is 7.26. The molecule has 3 rings (SSSR count). The van der Waals surface area contributed by atoms with Crippen molar-refractivity contribution < 1.29 is 10.3 Å². The van der Waals surface area contributed by atoms with Crippen LogP contribution in [0.3, 0.4) is 0 Å². The Morgan fingerprint density at radius 3 is 2.45 bits per heavy atom. The Hall–Kier alpha value is -1.75. The summed E-state index contributed by atoms with van der Waals surface area (Å²) in [6.07, 6.45) is 2.70. The van der Waals surface area contributed by atoms with Gasteiger partial charge >= 0.3 is 0 Å². The summed E-state index contributed by atoms with van der Waals surface area (Å²) in [6.45, 7) is 5.91. The van der Waals surface area contributed by atoms with E-state index in [1.54, 1.807) is 6.07 Å². The SMILES string of the molecule is CCN(CC)c1ccc(O)c2c1C1(CCC1)N(O)C2=N. The van der Waals surface area contributed by atoms with Crippen LogP contribution in [0.5, 0.6) is 5.75 Å². The molecule has 20 heavy (non-hydrogen) atoms. The zero-order chi connectivity index (χ0) is 14.5. The highest BCUT2D eigenvalue weighted by Gasteiger charge is 2.54. The van der Waals surface area contributed by atoms with Gasteiger partial charge in [0, 0.05) is 24.3 Å². The lowest BCUT2D eigenvalue weighted by molar-refractivity contribution is -0.138. The van der Waals surface area contributed by atoms with E-state index >= 15 is 0 Å².